The van der Waals surface area contributed by atoms with Gasteiger partial charge in [0.05, 0.1) is 17.6 Å². The highest BCUT2D eigenvalue weighted by atomic mass is 35.5. The monoisotopic (exact) mass is 563 g/mol. The van der Waals surface area contributed by atoms with Crippen LogP contribution in [0.25, 0.3) is 0 Å². The van der Waals surface area contributed by atoms with E-state index in [0.717, 1.165) is 37.7 Å². The molecule has 1 aliphatic carbocycles. The summed E-state index contributed by atoms with van der Waals surface area (Å²) in [5.41, 5.74) is 2.63. The van der Waals surface area contributed by atoms with Gasteiger partial charge in [0.15, 0.2) is 5.11 Å². The molecule has 0 bridgehead atoms. The Kier molecular flexibility index (Phi) is 8.50. The molecule has 0 fully saturated rings. The van der Waals surface area contributed by atoms with Crippen LogP contribution in [-0.2, 0) is 27.6 Å². The van der Waals surface area contributed by atoms with E-state index in [1.807, 2.05) is 0 Å². The van der Waals surface area contributed by atoms with Gasteiger partial charge < -0.3 is 15.4 Å². The fourth-order valence-corrected chi connectivity index (χ4v) is 6.79. The van der Waals surface area contributed by atoms with E-state index in [2.05, 4.69) is 15.4 Å². The van der Waals surface area contributed by atoms with Crippen molar-refractivity contribution in [2.24, 2.45) is 0 Å². The molecule has 11 heteroatoms. The van der Waals surface area contributed by atoms with E-state index in [4.69, 9.17) is 28.6 Å². The van der Waals surface area contributed by atoms with Gasteiger partial charge >= 0.3 is 5.97 Å². The second-order valence-electron chi connectivity index (χ2n) is 8.33. The largest absolute Gasteiger partial charge is 0.465 e. The first-order valence-corrected chi connectivity index (χ1v) is 14.5. The number of carbonyl (C=O) groups is 1. The Morgan fingerprint density at radius 2 is 1.58 bits per heavy atom. The molecule has 0 aliphatic heterocycles. The van der Waals surface area contributed by atoms with Gasteiger partial charge in [-0.2, -0.15) is 0 Å². The van der Waals surface area contributed by atoms with Crippen molar-refractivity contribution in [1.82, 2.24) is 0 Å². The Bertz CT molecular complexity index is 1350. The molecule has 0 saturated carbocycles. The molecular formula is C25H26ClN3O4S3. The van der Waals surface area contributed by atoms with Crippen molar-refractivity contribution in [1.29, 1.82) is 0 Å². The summed E-state index contributed by atoms with van der Waals surface area (Å²) in [7, 11) is -2.38. The lowest BCUT2D eigenvalue weighted by Gasteiger charge is -2.13. The van der Waals surface area contributed by atoms with Crippen LogP contribution in [0.15, 0.2) is 53.4 Å². The molecule has 0 amide bonds. The first-order valence-electron chi connectivity index (χ1n) is 11.5. The minimum absolute atomic E-state index is 0.105. The van der Waals surface area contributed by atoms with Crippen molar-refractivity contribution in [3.63, 3.8) is 0 Å². The van der Waals surface area contributed by atoms with Crippen molar-refractivity contribution in [2.75, 3.05) is 22.5 Å². The van der Waals surface area contributed by atoms with Gasteiger partial charge in [0.2, 0.25) is 0 Å². The molecule has 0 radical (unpaired) electrons. The first kappa shape index (κ1) is 26.4. The van der Waals surface area contributed by atoms with Crippen LogP contribution in [0.1, 0.15) is 46.5 Å². The van der Waals surface area contributed by atoms with Gasteiger partial charge in [0.25, 0.3) is 10.0 Å². The van der Waals surface area contributed by atoms with Crippen LogP contribution in [0.3, 0.4) is 0 Å². The smallest absolute Gasteiger partial charge is 0.341 e. The number of thiophene rings is 1. The normalized spacial score (nSPS) is 13.6. The summed E-state index contributed by atoms with van der Waals surface area (Å²) in [5.74, 6) is -0.374. The van der Waals surface area contributed by atoms with Crippen LogP contribution in [-0.4, -0.2) is 26.6 Å². The van der Waals surface area contributed by atoms with Gasteiger partial charge in [-0.3, -0.25) is 4.72 Å². The van der Waals surface area contributed by atoms with E-state index in [1.54, 1.807) is 36.4 Å². The third-order valence-electron chi connectivity index (χ3n) is 5.81. The number of hydrogen-bond donors (Lipinski definition) is 3. The maximum absolute atomic E-state index is 12.7. The van der Waals surface area contributed by atoms with Crippen LogP contribution >= 0.6 is 35.2 Å². The van der Waals surface area contributed by atoms with Gasteiger partial charge in [0.1, 0.15) is 5.00 Å². The van der Waals surface area contributed by atoms with Crippen molar-refractivity contribution in [3.05, 3.63) is 69.6 Å². The summed E-state index contributed by atoms with van der Waals surface area (Å²) >= 11 is 12.9. The maximum Gasteiger partial charge on any atom is 0.341 e. The number of thiocarbonyl (C=S) groups is 1. The molecule has 190 valence electrons. The number of fused-ring (bicyclic) bond motifs is 1. The second kappa shape index (κ2) is 11.6. The van der Waals surface area contributed by atoms with Gasteiger partial charge in [-0.25, -0.2) is 13.2 Å². The SMILES string of the molecule is COC(=O)c1c(NC(=S)Nc2ccc(S(=O)(=O)Nc3ccc(Cl)cc3)cc2)sc2c1CCCCCC2. The molecule has 1 aliphatic rings. The maximum atomic E-state index is 12.7. The van der Waals surface area contributed by atoms with E-state index < -0.39 is 10.0 Å². The number of sulfonamides is 1. The first-order chi connectivity index (χ1) is 17.3. The lowest BCUT2D eigenvalue weighted by Crippen LogP contribution is -2.20. The van der Waals surface area contributed by atoms with E-state index in [0.29, 0.717) is 32.1 Å². The van der Waals surface area contributed by atoms with Crippen LogP contribution in [0.5, 0.6) is 0 Å². The fraction of sp³-hybridized carbons (Fsp3) is 0.280. The fourth-order valence-electron chi connectivity index (χ4n) is 4.04. The highest BCUT2D eigenvalue weighted by Crippen LogP contribution is 2.37. The van der Waals surface area contributed by atoms with Gasteiger partial charge in [-0.15, -0.1) is 11.3 Å². The predicted octanol–water partition coefficient (Wildman–Crippen LogP) is 6.46. The zero-order valence-corrected chi connectivity index (χ0v) is 22.8. The van der Waals surface area contributed by atoms with Crippen LogP contribution in [0.2, 0.25) is 5.02 Å². The number of esters is 1. The summed E-state index contributed by atoms with van der Waals surface area (Å²) in [5, 5.41) is 7.69. The molecule has 7 nitrogen and oxygen atoms in total. The quantitative estimate of drug-likeness (QED) is 0.234. The number of anilines is 3. The molecule has 1 heterocycles. The minimum Gasteiger partial charge on any atom is -0.465 e. The highest BCUT2D eigenvalue weighted by Gasteiger charge is 2.25. The number of hydrogen-bond acceptors (Lipinski definition) is 6. The zero-order chi connectivity index (χ0) is 25.7. The predicted molar refractivity (Wildman–Crippen MR) is 150 cm³/mol. The number of ether oxygens (including phenoxy) is 1. The van der Waals surface area contributed by atoms with Crippen LogP contribution in [0.4, 0.5) is 16.4 Å². The summed E-state index contributed by atoms with van der Waals surface area (Å²) < 4.78 is 33.0. The summed E-state index contributed by atoms with van der Waals surface area (Å²) in [6.45, 7) is 0. The Hall–Kier alpha value is -2.66. The van der Waals surface area contributed by atoms with E-state index >= 15 is 0 Å². The second-order valence-corrected chi connectivity index (χ2v) is 12.0. The Balaban J connectivity index is 1.46. The molecule has 0 unspecified atom stereocenters. The molecule has 4 rings (SSSR count). The molecule has 3 aromatic rings. The van der Waals surface area contributed by atoms with Crippen molar-refractivity contribution >= 4 is 72.6 Å². The third-order valence-corrected chi connectivity index (χ3v) is 8.87. The molecular weight excluding hydrogens is 538 g/mol. The molecule has 1 aromatic heterocycles. The summed E-state index contributed by atoms with van der Waals surface area (Å²) in [6.07, 6.45) is 6.26. The average Bonchev–Trinajstić information content (AvgIpc) is 3.15. The van der Waals surface area contributed by atoms with Gasteiger partial charge in [0, 0.05) is 21.3 Å². The Morgan fingerprint density at radius 3 is 2.25 bits per heavy atom. The van der Waals surface area contributed by atoms with Crippen molar-refractivity contribution < 1.29 is 17.9 Å². The average molecular weight is 564 g/mol. The topological polar surface area (TPSA) is 96.5 Å². The van der Waals surface area contributed by atoms with Gasteiger partial charge in [-0.05, 0) is 92.0 Å². The Morgan fingerprint density at radius 1 is 0.944 bits per heavy atom. The molecule has 36 heavy (non-hydrogen) atoms. The van der Waals surface area contributed by atoms with E-state index in [-0.39, 0.29) is 10.9 Å². The number of methoxy groups -OCH3 is 1. The van der Waals surface area contributed by atoms with Crippen molar-refractivity contribution in [2.45, 2.75) is 43.4 Å². The lowest BCUT2D eigenvalue weighted by atomic mass is 9.96. The Labute approximate surface area is 225 Å². The van der Waals surface area contributed by atoms with E-state index in [1.165, 1.54) is 41.9 Å². The molecule has 0 atom stereocenters. The van der Waals surface area contributed by atoms with Crippen LogP contribution < -0.4 is 15.4 Å². The number of nitrogens with one attached hydrogen (secondary N) is 3. The van der Waals surface area contributed by atoms with Crippen LogP contribution in [0, 0.1) is 0 Å². The number of halogens is 1. The summed E-state index contributed by atoms with van der Waals surface area (Å²) in [6, 6.07) is 12.6. The van der Waals surface area contributed by atoms with E-state index in [9.17, 15) is 13.2 Å². The summed E-state index contributed by atoms with van der Waals surface area (Å²) in [4.78, 5) is 13.9. The molecule has 3 N–H and O–H groups in total. The lowest BCUT2D eigenvalue weighted by molar-refractivity contribution is 0.0601. The standard InChI is InChI=1S/C25H26ClN3O4S3/c1-33-24(30)22-20-6-4-2-3-5-7-21(20)35-23(22)28-25(34)27-17-12-14-19(15-13-17)36(31,32)29-18-10-8-16(26)9-11-18/h8-15,29H,2-7H2,1H3,(H2,27,28,34). The molecule has 0 saturated heterocycles. The third kappa shape index (κ3) is 6.36. The van der Waals surface area contributed by atoms with Crippen molar-refractivity contribution in [3.8, 4) is 0 Å². The number of rotatable bonds is 6. The zero-order valence-electron chi connectivity index (χ0n) is 19.6. The van der Waals surface area contributed by atoms with Gasteiger partial charge in [-0.1, -0.05) is 24.4 Å². The highest BCUT2D eigenvalue weighted by molar-refractivity contribution is 7.92. The number of aryl methyl sites for hydroxylation is 1. The number of benzene rings is 2. The number of carbonyl (C=O) groups excluding carboxylic acids is 1. The molecule has 0 spiro atoms. The minimum atomic E-state index is -3.77. The molecule has 2 aromatic carbocycles.